The van der Waals surface area contributed by atoms with Crippen molar-refractivity contribution in [3.63, 3.8) is 0 Å². The van der Waals surface area contributed by atoms with E-state index in [0.29, 0.717) is 11.7 Å². The Morgan fingerprint density at radius 1 is 1.41 bits per heavy atom. The summed E-state index contributed by atoms with van der Waals surface area (Å²) >= 11 is 5.09. The predicted molar refractivity (Wildman–Crippen MR) is 75.5 cm³/mol. The van der Waals surface area contributed by atoms with E-state index in [1.807, 2.05) is 18.2 Å². The van der Waals surface area contributed by atoms with Gasteiger partial charge in [-0.05, 0) is 30.3 Å². The smallest absolute Gasteiger partial charge is 0.166 e. The summed E-state index contributed by atoms with van der Waals surface area (Å²) < 4.78 is 5.28. The molecule has 0 saturated carbocycles. The van der Waals surface area contributed by atoms with Crippen LogP contribution in [0.2, 0.25) is 0 Å². The molecule has 0 fully saturated rings. The molecule has 1 aromatic carbocycles. The monoisotopic (exact) mass is 250 g/mol. The first-order chi connectivity index (χ1) is 8.27. The van der Waals surface area contributed by atoms with Crippen molar-refractivity contribution in [2.75, 3.05) is 20.2 Å². The molecule has 0 radical (unpaired) electrons. The summed E-state index contributed by atoms with van der Waals surface area (Å²) in [5.41, 5.74) is 1.18. The quantitative estimate of drug-likeness (QED) is 0.597. The molecule has 3 nitrogen and oxygen atoms in total. The topological polar surface area (TPSA) is 33.3 Å². The molecule has 1 rings (SSSR count). The minimum atomic E-state index is 0.653. The lowest BCUT2D eigenvalue weighted by Gasteiger charge is -2.10. The zero-order valence-electron chi connectivity index (χ0n) is 10.0. The Hall–Kier alpha value is -1.55. The van der Waals surface area contributed by atoms with Gasteiger partial charge in [-0.3, -0.25) is 0 Å². The third kappa shape index (κ3) is 4.87. The van der Waals surface area contributed by atoms with E-state index in [0.717, 1.165) is 18.7 Å². The fourth-order valence-corrected chi connectivity index (χ4v) is 1.63. The van der Waals surface area contributed by atoms with Crippen LogP contribution < -0.4 is 15.4 Å². The van der Waals surface area contributed by atoms with Crippen LogP contribution in [-0.2, 0) is 6.42 Å². The highest BCUT2D eigenvalue weighted by Crippen LogP contribution is 2.16. The van der Waals surface area contributed by atoms with E-state index in [1.165, 1.54) is 5.56 Å². The summed E-state index contributed by atoms with van der Waals surface area (Å²) in [7, 11) is 1.68. The van der Waals surface area contributed by atoms with E-state index in [1.54, 1.807) is 13.2 Å². The van der Waals surface area contributed by atoms with Crippen LogP contribution in [0.4, 0.5) is 0 Å². The Balaban J connectivity index is 2.35. The molecule has 0 aliphatic heterocycles. The number of thiocarbonyl (C=S) groups is 1. The standard InChI is InChI=1S/C13H18N2OS/c1-3-9-14-13(17)15-10-8-11-6-4-5-7-12(11)16-2/h3-7H,1,8-10H2,2H3,(H2,14,15,17). The first-order valence-electron chi connectivity index (χ1n) is 5.52. The van der Waals surface area contributed by atoms with E-state index in [4.69, 9.17) is 17.0 Å². The average molecular weight is 250 g/mol. The maximum Gasteiger partial charge on any atom is 0.166 e. The zero-order chi connectivity index (χ0) is 12.5. The molecule has 0 aliphatic rings. The second kappa shape index (κ2) is 7.68. The Morgan fingerprint density at radius 3 is 2.88 bits per heavy atom. The highest BCUT2D eigenvalue weighted by Gasteiger charge is 2.01. The van der Waals surface area contributed by atoms with Crippen LogP contribution in [0.5, 0.6) is 5.75 Å². The molecule has 0 heterocycles. The maximum absolute atomic E-state index is 5.28. The number of para-hydroxylation sites is 1. The first-order valence-corrected chi connectivity index (χ1v) is 5.93. The van der Waals surface area contributed by atoms with Crippen LogP contribution in [0.25, 0.3) is 0 Å². The molecule has 0 aliphatic carbocycles. The summed E-state index contributed by atoms with van der Waals surface area (Å²) in [5.74, 6) is 0.916. The summed E-state index contributed by atoms with van der Waals surface area (Å²) in [5, 5.41) is 6.81. The first kappa shape index (κ1) is 13.5. The fourth-order valence-electron chi connectivity index (χ4n) is 1.45. The molecule has 17 heavy (non-hydrogen) atoms. The predicted octanol–water partition coefficient (Wildman–Crippen LogP) is 1.89. The van der Waals surface area contributed by atoms with Gasteiger partial charge in [-0.1, -0.05) is 24.3 Å². The van der Waals surface area contributed by atoms with Gasteiger partial charge in [0.25, 0.3) is 0 Å². The lowest BCUT2D eigenvalue weighted by Crippen LogP contribution is -2.36. The highest BCUT2D eigenvalue weighted by molar-refractivity contribution is 7.80. The van der Waals surface area contributed by atoms with Gasteiger partial charge in [0, 0.05) is 13.1 Å². The second-order valence-corrected chi connectivity index (χ2v) is 3.90. The maximum atomic E-state index is 5.28. The molecule has 0 atom stereocenters. The third-order valence-electron chi connectivity index (χ3n) is 2.28. The van der Waals surface area contributed by atoms with Crippen molar-refractivity contribution >= 4 is 17.3 Å². The summed E-state index contributed by atoms with van der Waals surface area (Å²) in [6.07, 6.45) is 2.65. The molecular formula is C13H18N2OS. The van der Waals surface area contributed by atoms with Crippen molar-refractivity contribution in [1.29, 1.82) is 0 Å². The van der Waals surface area contributed by atoms with Gasteiger partial charge in [0.05, 0.1) is 7.11 Å². The largest absolute Gasteiger partial charge is 0.496 e. The Labute approximate surface area is 108 Å². The molecule has 92 valence electrons. The molecule has 0 amide bonds. The number of ether oxygens (including phenoxy) is 1. The number of rotatable bonds is 6. The van der Waals surface area contributed by atoms with Crippen molar-refractivity contribution in [1.82, 2.24) is 10.6 Å². The van der Waals surface area contributed by atoms with Crippen LogP contribution in [0, 0.1) is 0 Å². The number of hydrogen-bond acceptors (Lipinski definition) is 2. The normalized spacial score (nSPS) is 9.47. The Kier molecular flexibility index (Phi) is 6.10. The summed E-state index contributed by atoms with van der Waals surface area (Å²) in [6, 6.07) is 7.99. The molecule has 4 heteroatoms. The number of nitrogens with one attached hydrogen (secondary N) is 2. The van der Waals surface area contributed by atoms with E-state index in [2.05, 4.69) is 23.3 Å². The van der Waals surface area contributed by atoms with Crippen molar-refractivity contribution in [2.24, 2.45) is 0 Å². The van der Waals surface area contributed by atoms with Gasteiger partial charge in [0.15, 0.2) is 5.11 Å². The van der Waals surface area contributed by atoms with E-state index >= 15 is 0 Å². The lowest BCUT2D eigenvalue weighted by atomic mass is 10.1. The van der Waals surface area contributed by atoms with E-state index in [9.17, 15) is 0 Å². The van der Waals surface area contributed by atoms with Crippen molar-refractivity contribution in [3.05, 3.63) is 42.5 Å². The van der Waals surface area contributed by atoms with Crippen LogP contribution in [-0.4, -0.2) is 25.3 Å². The van der Waals surface area contributed by atoms with Gasteiger partial charge in [0.1, 0.15) is 5.75 Å². The van der Waals surface area contributed by atoms with Gasteiger partial charge < -0.3 is 15.4 Å². The molecule has 0 bridgehead atoms. The summed E-state index contributed by atoms with van der Waals surface area (Å²) in [4.78, 5) is 0. The Morgan fingerprint density at radius 2 is 2.18 bits per heavy atom. The van der Waals surface area contributed by atoms with Crippen LogP contribution in [0.1, 0.15) is 5.56 Å². The van der Waals surface area contributed by atoms with Gasteiger partial charge in [0.2, 0.25) is 0 Å². The van der Waals surface area contributed by atoms with Gasteiger partial charge >= 0.3 is 0 Å². The van der Waals surface area contributed by atoms with Crippen molar-refractivity contribution in [3.8, 4) is 5.75 Å². The van der Waals surface area contributed by atoms with Crippen LogP contribution >= 0.6 is 12.2 Å². The van der Waals surface area contributed by atoms with Crippen LogP contribution in [0.3, 0.4) is 0 Å². The fraction of sp³-hybridized carbons (Fsp3) is 0.308. The average Bonchev–Trinajstić information content (AvgIpc) is 2.37. The third-order valence-corrected chi connectivity index (χ3v) is 2.57. The minimum absolute atomic E-state index is 0.653. The zero-order valence-corrected chi connectivity index (χ0v) is 10.8. The molecule has 0 aromatic heterocycles. The molecular weight excluding hydrogens is 232 g/mol. The number of benzene rings is 1. The van der Waals surface area contributed by atoms with Gasteiger partial charge in [-0.25, -0.2) is 0 Å². The number of hydrogen-bond donors (Lipinski definition) is 2. The molecule has 2 N–H and O–H groups in total. The van der Waals surface area contributed by atoms with Crippen molar-refractivity contribution < 1.29 is 4.74 Å². The summed E-state index contributed by atoms with van der Waals surface area (Å²) in [6.45, 7) is 5.08. The molecule has 0 spiro atoms. The van der Waals surface area contributed by atoms with Crippen molar-refractivity contribution in [2.45, 2.75) is 6.42 Å². The Bertz CT molecular complexity index is 379. The molecule has 0 saturated heterocycles. The van der Waals surface area contributed by atoms with Gasteiger partial charge in [-0.2, -0.15) is 0 Å². The second-order valence-electron chi connectivity index (χ2n) is 3.49. The molecule has 1 aromatic rings. The highest BCUT2D eigenvalue weighted by atomic mass is 32.1. The lowest BCUT2D eigenvalue weighted by molar-refractivity contribution is 0.409. The SMILES string of the molecule is C=CCNC(=S)NCCc1ccccc1OC. The molecule has 0 unspecified atom stereocenters. The minimum Gasteiger partial charge on any atom is -0.496 e. The van der Waals surface area contributed by atoms with E-state index in [-0.39, 0.29) is 0 Å². The van der Waals surface area contributed by atoms with Gasteiger partial charge in [-0.15, -0.1) is 6.58 Å². The van der Waals surface area contributed by atoms with Crippen LogP contribution in [0.15, 0.2) is 36.9 Å². The number of methoxy groups -OCH3 is 1. The van der Waals surface area contributed by atoms with E-state index < -0.39 is 0 Å².